The molecule has 1 aliphatic rings. The average Bonchev–Trinajstić information content (AvgIpc) is 3.28. The number of H-pyrrole nitrogens is 1. The van der Waals surface area contributed by atoms with Gasteiger partial charge in [-0.25, -0.2) is 26.8 Å². The maximum Gasteiger partial charge on any atom is 0.490 e. The Balaban J connectivity index is 1.83. The second-order valence-corrected chi connectivity index (χ2v) is 11.2. The molecule has 0 saturated carbocycles. The number of aromatic amines is 1. The Kier molecular flexibility index (Phi) is 6.54. The Bertz CT molecular complexity index is 1510. The van der Waals surface area contributed by atoms with Gasteiger partial charge in [-0.2, -0.15) is 18.4 Å². The number of tetrazole rings is 1. The number of nitrogens with two attached hydrogens (primary N) is 1. The first kappa shape index (κ1) is 25.6. The molecule has 4 rings (SSSR count). The van der Waals surface area contributed by atoms with Gasteiger partial charge in [-0.15, -0.1) is 10.2 Å². The lowest BCUT2D eigenvalue weighted by molar-refractivity contribution is -0.201. The van der Waals surface area contributed by atoms with Crippen LogP contribution in [0.2, 0.25) is 0 Å². The van der Waals surface area contributed by atoms with Gasteiger partial charge in [0.15, 0.2) is 9.84 Å². The highest BCUT2D eigenvalue weighted by Crippen LogP contribution is 2.39. The van der Waals surface area contributed by atoms with Gasteiger partial charge in [0.2, 0.25) is 15.8 Å². The van der Waals surface area contributed by atoms with Crippen LogP contribution in [-0.4, -0.2) is 72.9 Å². The summed E-state index contributed by atoms with van der Waals surface area (Å²) in [5, 5.41) is 20.5. The molecule has 18 heteroatoms. The number of carbonyl (C=O) groups is 1. The van der Waals surface area contributed by atoms with Crippen molar-refractivity contribution in [2.75, 3.05) is 13.1 Å². The number of aromatic nitrogens is 5. The topological polar surface area (TPSA) is 200 Å². The molecule has 0 atom stereocenters. The summed E-state index contributed by atoms with van der Waals surface area (Å²) in [6.45, 7) is -0.530. The predicted molar refractivity (Wildman–Crippen MR) is 114 cm³/mol. The number of nitrogens with zero attached hydrogens (tertiary/aromatic N) is 4. The van der Waals surface area contributed by atoms with Crippen molar-refractivity contribution in [3.05, 3.63) is 36.2 Å². The second kappa shape index (κ2) is 9.19. The number of primary sulfonamides is 1. The second-order valence-electron chi connectivity index (χ2n) is 7.53. The van der Waals surface area contributed by atoms with Gasteiger partial charge < -0.3 is 10.1 Å². The maximum absolute atomic E-state index is 13.1. The Hall–Kier alpha value is -3.48. The van der Waals surface area contributed by atoms with E-state index in [-0.39, 0.29) is 41.3 Å². The van der Waals surface area contributed by atoms with E-state index in [1.807, 2.05) is 0 Å². The van der Waals surface area contributed by atoms with Crippen LogP contribution in [0.3, 0.4) is 0 Å². The van der Waals surface area contributed by atoms with E-state index in [2.05, 4.69) is 35.7 Å². The summed E-state index contributed by atoms with van der Waals surface area (Å²) in [5.41, 5.74) is -0.00392. The molecule has 36 heavy (non-hydrogen) atoms. The zero-order chi connectivity index (χ0) is 26.3. The van der Waals surface area contributed by atoms with Gasteiger partial charge in [0.1, 0.15) is 11.5 Å². The summed E-state index contributed by atoms with van der Waals surface area (Å²) in [6, 6.07) is 4.98. The van der Waals surface area contributed by atoms with E-state index in [1.165, 1.54) is 18.2 Å². The summed E-state index contributed by atoms with van der Waals surface area (Å²) in [4.78, 5) is 13.6. The van der Waals surface area contributed by atoms with Gasteiger partial charge in [-0.3, -0.25) is 4.98 Å². The van der Waals surface area contributed by atoms with E-state index in [0.29, 0.717) is 0 Å². The van der Waals surface area contributed by atoms with Gasteiger partial charge >= 0.3 is 12.1 Å². The number of halogens is 3. The molecule has 192 valence electrons. The number of carbonyl (C=O) groups excluding carboxylic acids is 1. The first-order chi connectivity index (χ1) is 16.8. The van der Waals surface area contributed by atoms with Crippen molar-refractivity contribution in [3.8, 4) is 22.5 Å². The highest BCUT2D eigenvalue weighted by atomic mass is 32.2. The number of hydrogen-bond donors (Lipinski definition) is 3. The molecule has 2 aromatic heterocycles. The van der Waals surface area contributed by atoms with Crippen molar-refractivity contribution in [1.82, 2.24) is 30.9 Å². The summed E-state index contributed by atoms with van der Waals surface area (Å²) < 4.78 is 92.7. The van der Waals surface area contributed by atoms with Crippen LogP contribution >= 0.6 is 0 Å². The van der Waals surface area contributed by atoms with Gasteiger partial charge in [0.05, 0.1) is 21.4 Å². The van der Waals surface area contributed by atoms with Crippen molar-refractivity contribution in [2.45, 2.75) is 27.8 Å². The molecule has 1 aliphatic heterocycles. The standard InChI is InChI=1S/C18H16F3N7O6S2/c19-18(20,21)17(29)34-8-10-2-1-9(5-24-10)12-3-4-13(35(30,31)11-6-23-7-11)15(36(22,32)33)14(12)16-25-27-28-26-16/h1-5,11,23H,6-8H2,(H2,22,32,33)(H,25,26,27,28). The molecule has 3 aromatic rings. The van der Waals surface area contributed by atoms with E-state index in [1.54, 1.807) is 0 Å². The van der Waals surface area contributed by atoms with Crippen molar-refractivity contribution >= 4 is 25.8 Å². The Morgan fingerprint density at radius 3 is 2.36 bits per heavy atom. The van der Waals surface area contributed by atoms with Crippen LogP contribution in [0, 0.1) is 0 Å². The summed E-state index contributed by atoms with van der Waals surface area (Å²) >= 11 is 0. The van der Waals surface area contributed by atoms with Crippen LogP contribution < -0.4 is 10.5 Å². The molecule has 13 nitrogen and oxygen atoms in total. The van der Waals surface area contributed by atoms with Crippen LogP contribution in [-0.2, 0) is 36.0 Å². The summed E-state index contributed by atoms with van der Waals surface area (Å²) in [7, 11) is -8.79. The van der Waals surface area contributed by atoms with E-state index in [9.17, 15) is 34.8 Å². The molecule has 0 bridgehead atoms. The third kappa shape index (κ3) is 4.92. The highest BCUT2D eigenvalue weighted by Gasteiger charge is 2.41. The van der Waals surface area contributed by atoms with Gasteiger partial charge in [-0.1, -0.05) is 12.1 Å². The number of sulfonamides is 1. The molecule has 0 spiro atoms. The van der Waals surface area contributed by atoms with Gasteiger partial charge in [0, 0.05) is 24.8 Å². The average molecular weight is 547 g/mol. The fourth-order valence-electron chi connectivity index (χ4n) is 3.35. The highest BCUT2D eigenvalue weighted by molar-refractivity contribution is 7.94. The molecule has 0 aliphatic carbocycles. The smallest absolute Gasteiger partial charge is 0.453 e. The van der Waals surface area contributed by atoms with Gasteiger partial charge in [-0.05, 0) is 22.9 Å². The van der Waals surface area contributed by atoms with Crippen molar-refractivity contribution in [2.24, 2.45) is 5.14 Å². The number of pyridine rings is 1. The lowest BCUT2D eigenvalue weighted by atomic mass is 10.00. The fourth-order valence-corrected chi connectivity index (χ4v) is 6.54. The zero-order valence-electron chi connectivity index (χ0n) is 17.9. The van der Waals surface area contributed by atoms with Crippen molar-refractivity contribution < 1.29 is 39.5 Å². The summed E-state index contributed by atoms with van der Waals surface area (Å²) in [6.07, 6.45) is -4.01. The Morgan fingerprint density at radius 1 is 1.14 bits per heavy atom. The third-order valence-corrected chi connectivity index (χ3v) is 8.47. The first-order valence-electron chi connectivity index (χ1n) is 9.87. The fraction of sp³-hybridized carbons (Fsp3) is 0.278. The van der Waals surface area contributed by atoms with Gasteiger partial charge in [0.25, 0.3) is 0 Å². The molecule has 4 N–H and O–H groups in total. The molecule has 0 amide bonds. The number of benzene rings is 1. The van der Waals surface area contributed by atoms with Crippen molar-refractivity contribution in [3.63, 3.8) is 0 Å². The predicted octanol–water partition coefficient (Wildman–Crippen LogP) is -0.0729. The van der Waals surface area contributed by atoms with Crippen LogP contribution in [0.25, 0.3) is 22.5 Å². The Morgan fingerprint density at radius 2 is 1.86 bits per heavy atom. The van der Waals surface area contributed by atoms with Crippen molar-refractivity contribution in [1.29, 1.82) is 0 Å². The molecule has 0 radical (unpaired) electrons. The minimum absolute atomic E-state index is 0.0409. The largest absolute Gasteiger partial charge is 0.490 e. The van der Waals surface area contributed by atoms with Crippen LogP contribution in [0.4, 0.5) is 13.2 Å². The number of hydrogen-bond acceptors (Lipinski definition) is 11. The van der Waals surface area contributed by atoms with Crippen LogP contribution in [0.1, 0.15) is 5.69 Å². The quantitative estimate of drug-likeness (QED) is 0.334. The maximum atomic E-state index is 13.1. The van der Waals surface area contributed by atoms with Crippen LogP contribution in [0.5, 0.6) is 0 Å². The first-order valence-corrected chi connectivity index (χ1v) is 13.0. The van der Waals surface area contributed by atoms with E-state index < -0.39 is 53.7 Å². The Labute approximate surface area is 201 Å². The lowest BCUT2D eigenvalue weighted by Crippen LogP contribution is -2.51. The molecule has 1 aromatic carbocycles. The molecule has 1 saturated heterocycles. The number of esters is 1. The minimum atomic E-state index is -5.17. The monoisotopic (exact) mass is 547 g/mol. The van der Waals surface area contributed by atoms with E-state index in [0.717, 1.165) is 12.3 Å². The number of nitrogens with one attached hydrogen (secondary N) is 2. The van der Waals surface area contributed by atoms with E-state index in [4.69, 9.17) is 5.14 Å². The molecule has 0 unspecified atom stereocenters. The van der Waals surface area contributed by atoms with E-state index >= 15 is 0 Å². The molecular weight excluding hydrogens is 531 g/mol. The molecule has 3 heterocycles. The number of alkyl halides is 3. The SMILES string of the molecule is NS(=O)(=O)c1c(S(=O)(=O)C2CNC2)ccc(-c2ccc(COC(=O)C(F)(F)F)nc2)c1-c1nn[nH]n1. The summed E-state index contributed by atoms with van der Waals surface area (Å²) in [5.74, 6) is -2.66. The number of ether oxygens (including phenoxy) is 1. The molecular formula is C18H16F3N7O6S2. The normalized spacial score (nSPS) is 14.9. The molecule has 1 fully saturated rings. The number of sulfone groups is 1. The van der Waals surface area contributed by atoms with Crippen LogP contribution in [0.15, 0.2) is 40.3 Å². The zero-order valence-corrected chi connectivity index (χ0v) is 19.5. The lowest BCUT2D eigenvalue weighted by Gasteiger charge is -2.28. The number of rotatable bonds is 7. The minimum Gasteiger partial charge on any atom is -0.453 e. The third-order valence-electron chi connectivity index (χ3n) is 5.18.